The molecule has 0 radical (unpaired) electrons. The monoisotopic (exact) mass is 542 g/mol. The lowest BCUT2D eigenvalue weighted by Gasteiger charge is -2.29. The van der Waals surface area contributed by atoms with E-state index in [2.05, 4.69) is 15.2 Å². The number of imide groups is 1. The van der Waals surface area contributed by atoms with Gasteiger partial charge in [-0.25, -0.2) is 4.39 Å². The Labute approximate surface area is 231 Å². The SMILES string of the molecule is Cc1ccc(C)c(C2(O)CCN(Cc3ccnc(-c4ccc5c(c4)CN(C4CCC(=O)NC4=O)C5=O)c3F)C2)c1. The molecule has 0 spiro atoms. The fourth-order valence-corrected chi connectivity index (χ4v) is 6.23. The summed E-state index contributed by atoms with van der Waals surface area (Å²) in [6, 6.07) is 12.1. The standard InChI is InChI=1S/C31H31FN4O4/c1-18-3-4-19(2)24(13-18)31(40)10-12-35(17-31)15-21-9-11-33-28(27(21)32)20-5-6-23-22(14-20)16-36(30(23)39)25-7-8-26(37)34-29(25)38/h3-6,9,11,13-14,25,40H,7-8,10,12,15-17H2,1-2H3,(H,34,37,38). The molecule has 3 aliphatic heterocycles. The summed E-state index contributed by atoms with van der Waals surface area (Å²) in [5.74, 6) is -1.51. The predicted molar refractivity (Wildman–Crippen MR) is 145 cm³/mol. The molecule has 3 amide bonds. The number of hydrogen-bond donors (Lipinski definition) is 2. The third-order valence-electron chi connectivity index (χ3n) is 8.38. The minimum absolute atomic E-state index is 0.183. The highest BCUT2D eigenvalue weighted by molar-refractivity contribution is 6.05. The second-order valence-corrected chi connectivity index (χ2v) is 11.2. The molecule has 0 aliphatic carbocycles. The van der Waals surface area contributed by atoms with Crippen LogP contribution in [0.1, 0.15) is 57.4 Å². The molecule has 206 valence electrons. The van der Waals surface area contributed by atoms with E-state index in [-0.39, 0.29) is 36.9 Å². The first kappa shape index (κ1) is 26.3. The Hall–Kier alpha value is -3.95. The lowest BCUT2D eigenvalue weighted by Crippen LogP contribution is -2.52. The summed E-state index contributed by atoms with van der Waals surface area (Å²) in [5.41, 5.74) is 4.45. The van der Waals surface area contributed by atoms with E-state index in [9.17, 15) is 19.5 Å². The van der Waals surface area contributed by atoms with Crippen LogP contribution in [0.3, 0.4) is 0 Å². The molecular formula is C31H31FN4O4. The van der Waals surface area contributed by atoms with Crippen molar-refractivity contribution in [3.05, 3.63) is 87.9 Å². The smallest absolute Gasteiger partial charge is 0.255 e. The molecule has 3 aliphatic rings. The number of halogens is 1. The largest absolute Gasteiger partial charge is 0.384 e. The molecule has 0 bridgehead atoms. The highest BCUT2D eigenvalue weighted by Crippen LogP contribution is 2.36. The van der Waals surface area contributed by atoms with Crippen LogP contribution in [0.25, 0.3) is 11.3 Å². The van der Waals surface area contributed by atoms with Crippen molar-refractivity contribution in [2.45, 2.75) is 57.8 Å². The number of pyridine rings is 1. The van der Waals surface area contributed by atoms with Gasteiger partial charge in [-0.2, -0.15) is 0 Å². The Bertz CT molecular complexity index is 1560. The van der Waals surface area contributed by atoms with E-state index in [1.54, 1.807) is 30.5 Å². The second kappa shape index (κ2) is 9.91. The number of likely N-dealkylation sites (tertiary alicyclic amines) is 1. The predicted octanol–water partition coefficient (Wildman–Crippen LogP) is 3.36. The van der Waals surface area contributed by atoms with Gasteiger partial charge in [-0.3, -0.25) is 29.6 Å². The lowest BCUT2D eigenvalue weighted by atomic mass is 9.88. The summed E-state index contributed by atoms with van der Waals surface area (Å²) in [6.45, 7) is 5.60. The maximum atomic E-state index is 15.8. The molecule has 3 aromatic rings. The molecular weight excluding hydrogens is 511 g/mol. The molecule has 40 heavy (non-hydrogen) atoms. The molecule has 8 nitrogen and oxygen atoms in total. The topological polar surface area (TPSA) is 103 Å². The van der Waals surface area contributed by atoms with Gasteiger partial charge in [0.05, 0.1) is 0 Å². The van der Waals surface area contributed by atoms with Gasteiger partial charge in [0.2, 0.25) is 11.8 Å². The van der Waals surface area contributed by atoms with E-state index in [0.717, 1.165) is 16.7 Å². The number of β-amino-alcohol motifs (C(OH)–C–C–N with tert-alkyl or cyclic N) is 1. The zero-order valence-electron chi connectivity index (χ0n) is 22.5. The molecule has 2 fully saturated rings. The van der Waals surface area contributed by atoms with E-state index in [1.165, 1.54) is 4.90 Å². The van der Waals surface area contributed by atoms with Crippen molar-refractivity contribution in [1.29, 1.82) is 0 Å². The molecule has 0 saturated carbocycles. The number of aromatic nitrogens is 1. The van der Waals surface area contributed by atoms with E-state index < -0.39 is 23.4 Å². The zero-order chi connectivity index (χ0) is 28.2. The van der Waals surface area contributed by atoms with E-state index in [1.807, 2.05) is 32.0 Å². The van der Waals surface area contributed by atoms with Crippen molar-refractivity contribution in [3.63, 3.8) is 0 Å². The van der Waals surface area contributed by atoms with Gasteiger partial charge in [-0.1, -0.05) is 29.8 Å². The van der Waals surface area contributed by atoms with Gasteiger partial charge in [0.25, 0.3) is 5.91 Å². The molecule has 2 atom stereocenters. The number of aliphatic hydroxyl groups is 1. The number of carbonyl (C=O) groups is 3. The third-order valence-corrected chi connectivity index (χ3v) is 8.38. The van der Waals surface area contributed by atoms with Crippen molar-refractivity contribution >= 4 is 17.7 Å². The van der Waals surface area contributed by atoms with Gasteiger partial charge in [0.1, 0.15) is 17.3 Å². The lowest BCUT2D eigenvalue weighted by molar-refractivity contribution is -0.136. The van der Waals surface area contributed by atoms with Crippen molar-refractivity contribution < 1.29 is 23.9 Å². The number of hydrogen-bond acceptors (Lipinski definition) is 6. The van der Waals surface area contributed by atoms with Crippen molar-refractivity contribution in [2.24, 2.45) is 0 Å². The summed E-state index contributed by atoms with van der Waals surface area (Å²) in [6.07, 6.45) is 2.61. The number of nitrogens with one attached hydrogen (secondary N) is 1. The number of piperidine rings is 1. The van der Waals surface area contributed by atoms with Crippen LogP contribution < -0.4 is 5.32 Å². The average molecular weight is 543 g/mol. The molecule has 6 rings (SSSR count). The highest BCUT2D eigenvalue weighted by Gasteiger charge is 2.40. The number of nitrogens with zero attached hydrogens (tertiary/aromatic N) is 3. The molecule has 2 unspecified atom stereocenters. The summed E-state index contributed by atoms with van der Waals surface area (Å²) >= 11 is 0. The van der Waals surface area contributed by atoms with Gasteiger partial charge in [-0.15, -0.1) is 0 Å². The normalized spacial score (nSPS) is 23.1. The van der Waals surface area contributed by atoms with Gasteiger partial charge in [0.15, 0.2) is 5.82 Å². The molecule has 9 heteroatoms. The summed E-state index contributed by atoms with van der Waals surface area (Å²) < 4.78 is 15.8. The van der Waals surface area contributed by atoms with Crippen molar-refractivity contribution in [1.82, 2.24) is 20.1 Å². The van der Waals surface area contributed by atoms with Crippen LogP contribution in [0, 0.1) is 19.7 Å². The first-order chi connectivity index (χ1) is 19.1. The van der Waals surface area contributed by atoms with Crippen molar-refractivity contribution in [2.75, 3.05) is 13.1 Å². The highest BCUT2D eigenvalue weighted by atomic mass is 19.1. The maximum absolute atomic E-state index is 15.8. The zero-order valence-corrected chi connectivity index (χ0v) is 22.5. The number of amides is 3. The molecule has 2 aromatic carbocycles. The van der Waals surface area contributed by atoms with Crippen LogP contribution in [-0.4, -0.2) is 56.7 Å². The molecule has 2 N–H and O–H groups in total. The van der Waals surface area contributed by atoms with Crippen molar-refractivity contribution in [3.8, 4) is 11.3 Å². The minimum Gasteiger partial charge on any atom is -0.384 e. The number of carbonyl (C=O) groups excluding carboxylic acids is 3. The first-order valence-corrected chi connectivity index (χ1v) is 13.6. The average Bonchev–Trinajstić information content (AvgIpc) is 3.46. The fraction of sp³-hybridized carbons (Fsp3) is 0.355. The molecule has 4 heterocycles. The van der Waals surface area contributed by atoms with Crippen LogP contribution >= 0.6 is 0 Å². The Balaban J connectivity index is 1.21. The minimum atomic E-state index is -0.983. The number of fused-ring (bicyclic) bond motifs is 1. The van der Waals surface area contributed by atoms with E-state index >= 15 is 4.39 Å². The quantitative estimate of drug-likeness (QED) is 0.480. The van der Waals surface area contributed by atoms with Gasteiger partial charge < -0.3 is 10.0 Å². The molecule has 1 aromatic heterocycles. The van der Waals surface area contributed by atoms with Crippen LogP contribution in [0.5, 0.6) is 0 Å². The number of rotatable bonds is 5. The Morgan fingerprint density at radius 3 is 2.75 bits per heavy atom. The second-order valence-electron chi connectivity index (χ2n) is 11.2. The van der Waals surface area contributed by atoms with Crippen LogP contribution in [0.4, 0.5) is 4.39 Å². The van der Waals surface area contributed by atoms with Gasteiger partial charge in [-0.05, 0) is 61.6 Å². The fourth-order valence-electron chi connectivity index (χ4n) is 6.23. The molecule has 2 saturated heterocycles. The van der Waals surface area contributed by atoms with Gasteiger partial charge >= 0.3 is 0 Å². The summed E-state index contributed by atoms with van der Waals surface area (Å²) in [7, 11) is 0. The summed E-state index contributed by atoms with van der Waals surface area (Å²) in [4.78, 5) is 44.7. The first-order valence-electron chi connectivity index (χ1n) is 13.6. The maximum Gasteiger partial charge on any atom is 0.255 e. The third kappa shape index (κ3) is 4.59. The van der Waals surface area contributed by atoms with Gasteiger partial charge in [0, 0.05) is 55.5 Å². The Morgan fingerprint density at radius 2 is 1.95 bits per heavy atom. The Kier molecular flexibility index (Phi) is 6.51. The Morgan fingerprint density at radius 1 is 1.12 bits per heavy atom. The summed E-state index contributed by atoms with van der Waals surface area (Å²) in [5, 5.41) is 13.8. The van der Waals surface area contributed by atoms with Crippen LogP contribution in [0.15, 0.2) is 48.7 Å². The number of benzene rings is 2. The van der Waals surface area contributed by atoms with E-state index in [4.69, 9.17) is 0 Å². The van der Waals surface area contributed by atoms with Crippen LogP contribution in [0.2, 0.25) is 0 Å². The number of aryl methyl sites for hydroxylation is 2. The van der Waals surface area contributed by atoms with Crippen LogP contribution in [-0.2, 0) is 28.3 Å². The van der Waals surface area contributed by atoms with E-state index in [0.29, 0.717) is 48.3 Å².